The molecule has 0 saturated heterocycles. The molecule has 0 radical (unpaired) electrons. The summed E-state index contributed by atoms with van der Waals surface area (Å²) in [5.41, 5.74) is 1.72. The summed E-state index contributed by atoms with van der Waals surface area (Å²) in [4.78, 5) is 11.5. The standard InChI is InChI=1S/C24H27FO4/c1-14(24(26)27)23(15-6-7-15)16-4-3-5-19(10-16)29-13-17-11-20(17)21-12-18(28-2)8-9-22(21)25/h3-5,8-10,12,14-15,17,20,23H,6-7,11,13H2,1-2H3,(H,26,27). The first-order valence-electron chi connectivity index (χ1n) is 10.3. The van der Waals surface area contributed by atoms with Gasteiger partial charge in [0, 0.05) is 5.92 Å². The number of carbonyl (C=O) groups is 1. The zero-order chi connectivity index (χ0) is 20.5. The minimum Gasteiger partial charge on any atom is -0.497 e. The Balaban J connectivity index is 1.40. The molecule has 2 aromatic rings. The smallest absolute Gasteiger partial charge is 0.306 e. The molecule has 4 nitrogen and oxygen atoms in total. The third kappa shape index (κ3) is 4.39. The highest BCUT2D eigenvalue weighted by Gasteiger charge is 2.41. The predicted molar refractivity (Wildman–Crippen MR) is 108 cm³/mol. The van der Waals surface area contributed by atoms with E-state index in [2.05, 4.69) is 0 Å². The van der Waals surface area contributed by atoms with Crippen molar-refractivity contribution in [1.29, 1.82) is 0 Å². The number of aliphatic carboxylic acids is 1. The third-order valence-corrected chi connectivity index (χ3v) is 6.29. The molecule has 29 heavy (non-hydrogen) atoms. The van der Waals surface area contributed by atoms with E-state index in [-0.39, 0.29) is 23.6 Å². The van der Waals surface area contributed by atoms with Gasteiger partial charge in [-0.05, 0) is 78.5 Å². The third-order valence-electron chi connectivity index (χ3n) is 6.29. The Morgan fingerprint density at radius 2 is 2.00 bits per heavy atom. The van der Waals surface area contributed by atoms with Crippen LogP contribution in [0.1, 0.15) is 49.1 Å². The van der Waals surface area contributed by atoms with Crippen molar-refractivity contribution in [2.45, 2.75) is 38.0 Å². The number of ether oxygens (including phenoxy) is 2. The van der Waals surface area contributed by atoms with Crippen molar-refractivity contribution in [3.05, 3.63) is 59.4 Å². The fourth-order valence-corrected chi connectivity index (χ4v) is 4.34. The molecule has 0 amide bonds. The normalized spacial score (nSPS) is 22.6. The summed E-state index contributed by atoms with van der Waals surface area (Å²) in [6.45, 7) is 2.31. The van der Waals surface area contributed by atoms with Crippen molar-refractivity contribution >= 4 is 5.97 Å². The highest BCUT2D eigenvalue weighted by molar-refractivity contribution is 5.71. The molecule has 1 N–H and O–H groups in total. The van der Waals surface area contributed by atoms with Crippen LogP contribution in [0.5, 0.6) is 11.5 Å². The van der Waals surface area contributed by atoms with Gasteiger partial charge in [-0.15, -0.1) is 0 Å². The summed E-state index contributed by atoms with van der Waals surface area (Å²) >= 11 is 0. The number of carboxylic acid groups (broad SMARTS) is 1. The fourth-order valence-electron chi connectivity index (χ4n) is 4.34. The van der Waals surface area contributed by atoms with Crippen molar-refractivity contribution in [2.75, 3.05) is 13.7 Å². The summed E-state index contributed by atoms with van der Waals surface area (Å²) in [5, 5.41) is 9.47. The topological polar surface area (TPSA) is 55.8 Å². The highest BCUT2D eigenvalue weighted by atomic mass is 19.1. The monoisotopic (exact) mass is 398 g/mol. The molecule has 2 aliphatic carbocycles. The van der Waals surface area contributed by atoms with Crippen LogP contribution in [0.25, 0.3) is 0 Å². The molecule has 5 heteroatoms. The van der Waals surface area contributed by atoms with E-state index < -0.39 is 11.9 Å². The Kier molecular flexibility index (Phi) is 5.48. The van der Waals surface area contributed by atoms with Gasteiger partial charge in [-0.3, -0.25) is 4.79 Å². The Hall–Kier alpha value is -2.56. The molecule has 2 aliphatic rings. The van der Waals surface area contributed by atoms with Gasteiger partial charge in [0.15, 0.2) is 0 Å². The first-order valence-corrected chi connectivity index (χ1v) is 10.3. The van der Waals surface area contributed by atoms with Crippen LogP contribution >= 0.6 is 0 Å². The van der Waals surface area contributed by atoms with Gasteiger partial charge in [-0.1, -0.05) is 19.1 Å². The van der Waals surface area contributed by atoms with Crippen LogP contribution in [0.4, 0.5) is 4.39 Å². The Bertz CT molecular complexity index is 892. The molecule has 0 spiro atoms. The largest absolute Gasteiger partial charge is 0.497 e. The summed E-state index contributed by atoms with van der Waals surface area (Å²) < 4.78 is 25.4. The zero-order valence-electron chi connectivity index (χ0n) is 16.8. The van der Waals surface area contributed by atoms with Gasteiger partial charge in [-0.25, -0.2) is 4.39 Å². The zero-order valence-corrected chi connectivity index (χ0v) is 16.8. The minimum absolute atomic E-state index is 0.0237. The number of rotatable bonds is 9. The molecule has 0 bridgehead atoms. The van der Waals surface area contributed by atoms with Gasteiger partial charge in [0.05, 0.1) is 19.6 Å². The van der Waals surface area contributed by atoms with Gasteiger partial charge in [-0.2, -0.15) is 0 Å². The lowest BCUT2D eigenvalue weighted by molar-refractivity contribution is -0.142. The number of carboxylic acids is 1. The molecule has 4 rings (SSSR count). The molecular formula is C24H27FO4. The van der Waals surface area contributed by atoms with Crippen molar-refractivity contribution < 1.29 is 23.8 Å². The number of hydrogen-bond acceptors (Lipinski definition) is 3. The van der Waals surface area contributed by atoms with E-state index in [1.807, 2.05) is 24.3 Å². The summed E-state index contributed by atoms with van der Waals surface area (Å²) in [5.74, 6) is 0.945. The SMILES string of the molecule is COc1ccc(F)c(C2CC2COc2cccc(C(C3CC3)C(C)C(=O)O)c2)c1. The van der Waals surface area contributed by atoms with Crippen LogP contribution in [0.3, 0.4) is 0 Å². The van der Waals surface area contributed by atoms with Crippen molar-refractivity contribution in [3.8, 4) is 11.5 Å². The van der Waals surface area contributed by atoms with Gasteiger partial charge in [0.1, 0.15) is 17.3 Å². The van der Waals surface area contributed by atoms with Crippen LogP contribution in [0, 0.1) is 23.6 Å². The van der Waals surface area contributed by atoms with E-state index in [0.29, 0.717) is 23.8 Å². The maximum Gasteiger partial charge on any atom is 0.306 e. The lowest BCUT2D eigenvalue weighted by Gasteiger charge is -2.21. The average Bonchev–Trinajstić information content (AvgIpc) is 3.63. The van der Waals surface area contributed by atoms with E-state index in [9.17, 15) is 14.3 Å². The van der Waals surface area contributed by atoms with Crippen LogP contribution < -0.4 is 9.47 Å². The summed E-state index contributed by atoms with van der Waals surface area (Å²) in [6, 6.07) is 12.7. The van der Waals surface area contributed by atoms with Crippen LogP contribution in [-0.4, -0.2) is 24.8 Å². The van der Waals surface area contributed by atoms with E-state index in [1.165, 1.54) is 6.07 Å². The molecule has 0 aromatic heterocycles. The molecule has 0 aliphatic heterocycles. The first-order chi connectivity index (χ1) is 14.0. The average molecular weight is 398 g/mol. The van der Waals surface area contributed by atoms with Gasteiger partial charge in [0.2, 0.25) is 0 Å². The quantitative estimate of drug-likeness (QED) is 0.628. The second-order valence-electron chi connectivity index (χ2n) is 8.36. The summed E-state index contributed by atoms with van der Waals surface area (Å²) in [7, 11) is 1.58. The van der Waals surface area contributed by atoms with Crippen LogP contribution in [0.2, 0.25) is 0 Å². The lowest BCUT2D eigenvalue weighted by Crippen LogP contribution is -2.20. The fraction of sp³-hybridized carbons (Fsp3) is 0.458. The van der Waals surface area contributed by atoms with E-state index in [1.54, 1.807) is 26.2 Å². The molecule has 0 heterocycles. The molecule has 4 atom stereocenters. The number of hydrogen-bond donors (Lipinski definition) is 1. The van der Waals surface area contributed by atoms with Crippen LogP contribution in [-0.2, 0) is 4.79 Å². The Labute approximate surface area is 170 Å². The Morgan fingerprint density at radius 1 is 1.21 bits per heavy atom. The molecular weight excluding hydrogens is 371 g/mol. The van der Waals surface area contributed by atoms with Crippen molar-refractivity contribution in [1.82, 2.24) is 0 Å². The molecule has 2 saturated carbocycles. The highest BCUT2D eigenvalue weighted by Crippen LogP contribution is 2.50. The number of halogens is 1. The van der Waals surface area contributed by atoms with E-state index in [4.69, 9.17) is 9.47 Å². The summed E-state index contributed by atoms with van der Waals surface area (Å²) in [6.07, 6.45) is 3.07. The number of benzene rings is 2. The van der Waals surface area contributed by atoms with E-state index in [0.717, 1.165) is 30.6 Å². The minimum atomic E-state index is -0.755. The molecule has 4 unspecified atom stereocenters. The van der Waals surface area contributed by atoms with Crippen LogP contribution in [0.15, 0.2) is 42.5 Å². The maximum absolute atomic E-state index is 14.2. The van der Waals surface area contributed by atoms with Gasteiger partial charge < -0.3 is 14.6 Å². The van der Waals surface area contributed by atoms with Crippen molar-refractivity contribution in [2.24, 2.45) is 17.8 Å². The molecule has 154 valence electrons. The lowest BCUT2D eigenvalue weighted by atomic mass is 9.83. The molecule has 2 fully saturated rings. The second kappa shape index (κ2) is 8.05. The molecule has 2 aromatic carbocycles. The van der Waals surface area contributed by atoms with Gasteiger partial charge >= 0.3 is 5.97 Å². The predicted octanol–water partition coefficient (Wildman–Crippen LogP) is 5.23. The number of methoxy groups -OCH3 is 1. The Morgan fingerprint density at radius 3 is 2.69 bits per heavy atom. The van der Waals surface area contributed by atoms with E-state index >= 15 is 0 Å². The van der Waals surface area contributed by atoms with Gasteiger partial charge in [0.25, 0.3) is 0 Å². The first kappa shape index (κ1) is 19.7. The van der Waals surface area contributed by atoms with Crippen molar-refractivity contribution in [3.63, 3.8) is 0 Å². The second-order valence-corrected chi connectivity index (χ2v) is 8.36. The maximum atomic E-state index is 14.2.